The first-order valence-electron chi connectivity index (χ1n) is 7.93. The summed E-state index contributed by atoms with van der Waals surface area (Å²) < 4.78 is 4.98. The van der Waals surface area contributed by atoms with Gasteiger partial charge in [-0.25, -0.2) is 0 Å². The third-order valence-electron chi connectivity index (χ3n) is 4.49. The van der Waals surface area contributed by atoms with Crippen molar-refractivity contribution in [3.8, 4) is 0 Å². The van der Waals surface area contributed by atoms with Gasteiger partial charge in [-0.1, -0.05) is 19.3 Å². The van der Waals surface area contributed by atoms with Crippen LogP contribution in [-0.2, 0) is 4.74 Å². The topological polar surface area (TPSA) is 44.7 Å². The molecule has 0 aromatic rings. The first kappa shape index (κ1) is 15.2. The fourth-order valence-electron chi connectivity index (χ4n) is 3.43. The van der Waals surface area contributed by atoms with Gasteiger partial charge < -0.3 is 20.1 Å². The molecule has 0 bridgehead atoms. The number of likely N-dealkylation sites (tertiary alicyclic amines) is 1. The van der Waals surface area contributed by atoms with Crippen LogP contribution in [0.25, 0.3) is 0 Å². The molecule has 1 aliphatic heterocycles. The van der Waals surface area contributed by atoms with Crippen LogP contribution in [0, 0.1) is 0 Å². The Morgan fingerprint density at radius 2 is 1.74 bits per heavy atom. The number of hydrogen-bond donors (Lipinski definition) is 2. The number of ether oxygens (including phenoxy) is 1. The van der Waals surface area contributed by atoms with Gasteiger partial charge >= 0.3 is 0 Å². The summed E-state index contributed by atoms with van der Waals surface area (Å²) >= 11 is 0. The lowest BCUT2D eigenvalue weighted by atomic mass is 9.93. The number of hydrogen-bond acceptors (Lipinski definition) is 4. The van der Waals surface area contributed by atoms with Gasteiger partial charge in [0.25, 0.3) is 0 Å². The summed E-state index contributed by atoms with van der Waals surface area (Å²) in [7, 11) is 1.64. The van der Waals surface area contributed by atoms with E-state index in [1.54, 1.807) is 7.11 Å². The molecule has 1 saturated heterocycles. The van der Waals surface area contributed by atoms with Crippen LogP contribution < -0.4 is 5.32 Å². The normalized spacial score (nSPS) is 25.6. The summed E-state index contributed by atoms with van der Waals surface area (Å²) in [5.41, 5.74) is 0. The number of nitrogens with one attached hydrogen (secondary N) is 1. The molecule has 1 aliphatic carbocycles. The standard InChI is InChI=1S/C15H30N2O2/c1-19-12-15(18)11-17-9-7-14(8-10-17)16-13-5-3-2-4-6-13/h13-16,18H,2-12H2,1H3. The van der Waals surface area contributed by atoms with Crippen LogP contribution in [0.15, 0.2) is 0 Å². The quantitative estimate of drug-likeness (QED) is 0.765. The van der Waals surface area contributed by atoms with E-state index in [0.717, 1.165) is 25.7 Å². The number of nitrogens with zero attached hydrogens (tertiary/aromatic N) is 1. The zero-order valence-electron chi connectivity index (χ0n) is 12.3. The lowest BCUT2D eigenvalue weighted by Gasteiger charge is -2.36. The summed E-state index contributed by atoms with van der Waals surface area (Å²) in [5.74, 6) is 0. The molecule has 0 radical (unpaired) electrons. The van der Waals surface area contributed by atoms with Crippen molar-refractivity contribution in [1.82, 2.24) is 10.2 Å². The molecule has 2 aliphatic rings. The lowest BCUT2D eigenvalue weighted by Crippen LogP contribution is -2.48. The second kappa shape index (κ2) is 8.20. The number of rotatable bonds is 6. The van der Waals surface area contributed by atoms with Crippen LogP contribution in [0.4, 0.5) is 0 Å². The maximum absolute atomic E-state index is 9.75. The summed E-state index contributed by atoms with van der Waals surface area (Å²) in [5, 5.41) is 13.6. The van der Waals surface area contributed by atoms with Gasteiger partial charge in [-0.15, -0.1) is 0 Å². The minimum absolute atomic E-state index is 0.340. The zero-order valence-corrected chi connectivity index (χ0v) is 12.3. The molecule has 1 atom stereocenters. The van der Waals surface area contributed by atoms with Crippen molar-refractivity contribution in [3.63, 3.8) is 0 Å². The van der Waals surface area contributed by atoms with E-state index in [4.69, 9.17) is 4.74 Å². The number of β-amino-alcohol motifs (C(OH)–C–C–N with tert-alkyl or cyclic N) is 1. The minimum Gasteiger partial charge on any atom is -0.389 e. The van der Waals surface area contributed by atoms with E-state index >= 15 is 0 Å². The largest absolute Gasteiger partial charge is 0.389 e. The Kier molecular flexibility index (Phi) is 6.57. The SMILES string of the molecule is COCC(O)CN1CCC(NC2CCCCC2)CC1. The fourth-order valence-corrected chi connectivity index (χ4v) is 3.43. The van der Waals surface area contributed by atoms with E-state index in [2.05, 4.69) is 10.2 Å². The molecule has 0 spiro atoms. The predicted molar refractivity (Wildman–Crippen MR) is 77.4 cm³/mol. The summed E-state index contributed by atoms with van der Waals surface area (Å²) in [4.78, 5) is 2.36. The molecule has 0 aromatic carbocycles. The molecule has 1 unspecified atom stereocenters. The molecule has 4 heteroatoms. The lowest BCUT2D eigenvalue weighted by molar-refractivity contribution is 0.0305. The van der Waals surface area contributed by atoms with Gasteiger partial charge in [0.05, 0.1) is 12.7 Å². The van der Waals surface area contributed by atoms with Crippen LogP contribution in [0.5, 0.6) is 0 Å². The van der Waals surface area contributed by atoms with E-state index < -0.39 is 0 Å². The van der Waals surface area contributed by atoms with Crippen molar-refractivity contribution in [3.05, 3.63) is 0 Å². The Morgan fingerprint density at radius 3 is 2.37 bits per heavy atom. The van der Waals surface area contributed by atoms with Crippen LogP contribution in [0.3, 0.4) is 0 Å². The van der Waals surface area contributed by atoms with Gasteiger partial charge in [-0.2, -0.15) is 0 Å². The molecule has 1 heterocycles. The zero-order chi connectivity index (χ0) is 13.5. The van der Waals surface area contributed by atoms with Gasteiger partial charge in [0.15, 0.2) is 0 Å². The maximum atomic E-state index is 9.75. The number of aliphatic hydroxyl groups excluding tert-OH is 1. The first-order valence-corrected chi connectivity index (χ1v) is 7.93. The highest BCUT2D eigenvalue weighted by Crippen LogP contribution is 2.20. The Hall–Kier alpha value is -0.160. The Labute approximate surface area is 117 Å². The second-order valence-electron chi connectivity index (χ2n) is 6.19. The van der Waals surface area contributed by atoms with Crippen molar-refractivity contribution in [1.29, 1.82) is 0 Å². The van der Waals surface area contributed by atoms with Crippen LogP contribution in [0.2, 0.25) is 0 Å². The van der Waals surface area contributed by atoms with Crippen molar-refractivity contribution in [2.45, 2.75) is 63.1 Å². The number of methoxy groups -OCH3 is 1. The van der Waals surface area contributed by atoms with Crippen molar-refractivity contribution in [2.75, 3.05) is 33.4 Å². The van der Waals surface area contributed by atoms with Crippen molar-refractivity contribution >= 4 is 0 Å². The molecule has 4 nitrogen and oxygen atoms in total. The monoisotopic (exact) mass is 270 g/mol. The minimum atomic E-state index is -0.340. The summed E-state index contributed by atoms with van der Waals surface area (Å²) in [6.45, 7) is 3.40. The van der Waals surface area contributed by atoms with E-state index in [1.807, 2.05) is 0 Å². The summed E-state index contributed by atoms with van der Waals surface area (Å²) in [6, 6.07) is 1.46. The van der Waals surface area contributed by atoms with Gasteiger partial charge in [-0.3, -0.25) is 0 Å². The highest BCUT2D eigenvalue weighted by atomic mass is 16.5. The molecule has 112 valence electrons. The van der Waals surface area contributed by atoms with Gasteiger partial charge in [0, 0.05) is 25.7 Å². The van der Waals surface area contributed by atoms with Crippen molar-refractivity contribution < 1.29 is 9.84 Å². The van der Waals surface area contributed by atoms with E-state index in [-0.39, 0.29) is 6.10 Å². The highest BCUT2D eigenvalue weighted by molar-refractivity contribution is 4.82. The molecule has 2 N–H and O–H groups in total. The molecule has 2 rings (SSSR count). The Bertz CT molecular complexity index is 236. The number of aliphatic hydroxyl groups is 1. The number of piperidine rings is 1. The molecular formula is C15H30N2O2. The van der Waals surface area contributed by atoms with E-state index in [9.17, 15) is 5.11 Å². The van der Waals surface area contributed by atoms with Crippen molar-refractivity contribution in [2.24, 2.45) is 0 Å². The predicted octanol–water partition coefficient (Wildman–Crippen LogP) is 1.38. The molecule has 19 heavy (non-hydrogen) atoms. The van der Waals surface area contributed by atoms with Crippen LogP contribution in [0.1, 0.15) is 44.9 Å². The van der Waals surface area contributed by atoms with E-state index in [1.165, 1.54) is 44.9 Å². The Morgan fingerprint density at radius 1 is 1.11 bits per heavy atom. The molecule has 0 amide bonds. The maximum Gasteiger partial charge on any atom is 0.0900 e. The molecular weight excluding hydrogens is 240 g/mol. The van der Waals surface area contributed by atoms with Gasteiger partial charge in [0.2, 0.25) is 0 Å². The van der Waals surface area contributed by atoms with Crippen LogP contribution in [-0.4, -0.2) is 61.5 Å². The third kappa shape index (κ3) is 5.38. The smallest absolute Gasteiger partial charge is 0.0900 e. The Balaban J connectivity index is 1.61. The molecule has 2 fully saturated rings. The average molecular weight is 270 g/mol. The highest BCUT2D eigenvalue weighted by Gasteiger charge is 2.23. The molecule has 1 saturated carbocycles. The fraction of sp³-hybridized carbons (Fsp3) is 1.00. The van der Waals surface area contributed by atoms with E-state index in [0.29, 0.717) is 12.6 Å². The average Bonchev–Trinajstić information content (AvgIpc) is 2.42. The first-order chi connectivity index (χ1) is 9.28. The van der Waals surface area contributed by atoms with Gasteiger partial charge in [0.1, 0.15) is 0 Å². The summed E-state index contributed by atoms with van der Waals surface area (Å²) in [6.07, 6.45) is 9.06. The third-order valence-corrected chi connectivity index (χ3v) is 4.49. The van der Waals surface area contributed by atoms with Gasteiger partial charge in [-0.05, 0) is 38.8 Å². The van der Waals surface area contributed by atoms with Crippen LogP contribution >= 0.6 is 0 Å². The molecule has 0 aromatic heterocycles. The second-order valence-corrected chi connectivity index (χ2v) is 6.19.